The fourth-order valence-corrected chi connectivity index (χ4v) is 1.88. The number of anilines is 1. The van der Waals surface area contributed by atoms with E-state index in [1.165, 1.54) is 0 Å². The van der Waals surface area contributed by atoms with Crippen molar-refractivity contribution >= 4 is 23.2 Å². The molecule has 1 aromatic carbocycles. The molecule has 1 amide bonds. The maximum Gasteiger partial charge on any atom is 0.256 e. The van der Waals surface area contributed by atoms with E-state index in [2.05, 4.69) is 5.43 Å². The van der Waals surface area contributed by atoms with Crippen LogP contribution in [0.3, 0.4) is 0 Å². The number of nitrogens with one attached hydrogen (secondary N) is 1. The summed E-state index contributed by atoms with van der Waals surface area (Å²) in [6.07, 6.45) is 0. The Hall–Kier alpha value is -1.34. The van der Waals surface area contributed by atoms with Crippen molar-refractivity contribution in [1.29, 1.82) is 0 Å². The number of nitrogens with two attached hydrogens (primary N) is 1. The molecule has 3 N–H and O–H groups in total. The summed E-state index contributed by atoms with van der Waals surface area (Å²) in [5.41, 5.74) is 3.45. The SMILES string of the molecule is COCCN(CCOC)C(=O)c1cc(Cl)ccc1NN. The fraction of sp³-hybridized carbons (Fsp3) is 0.462. The van der Waals surface area contributed by atoms with Gasteiger partial charge < -0.3 is 19.8 Å². The minimum absolute atomic E-state index is 0.172. The Balaban J connectivity index is 2.94. The van der Waals surface area contributed by atoms with E-state index < -0.39 is 0 Å². The van der Waals surface area contributed by atoms with Gasteiger partial charge in [0.25, 0.3) is 5.91 Å². The van der Waals surface area contributed by atoms with Gasteiger partial charge in [-0.3, -0.25) is 10.6 Å². The molecule has 0 bridgehead atoms. The van der Waals surface area contributed by atoms with Crippen LogP contribution in [0.5, 0.6) is 0 Å². The molecule has 1 rings (SSSR count). The number of nitrogens with zero attached hydrogens (tertiary/aromatic N) is 1. The van der Waals surface area contributed by atoms with Gasteiger partial charge in [-0.2, -0.15) is 0 Å². The molecule has 20 heavy (non-hydrogen) atoms. The molecule has 0 fully saturated rings. The lowest BCUT2D eigenvalue weighted by Gasteiger charge is -2.23. The second kappa shape index (κ2) is 8.76. The van der Waals surface area contributed by atoms with Gasteiger partial charge in [-0.05, 0) is 18.2 Å². The van der Waals surface area contributed by atoms with Gasteiger partial charge in [0.1, 0.15) is 0 Å². The molecule has 6 nitrogen and oxygen atoms in total. The van der Waals surface area contributed by atoms with Gasteiger partial charge in [-0.25, -0.2) is 0 Å². The van der Waals surface area contributed by atoms with Gasteiger partial charge in [0.2, 0.25) is 0 Å². The molecule has 0 aliphatic carbocycles. The monoisotopic (exact) mass is 301 g/mol. The summed E-state index contributed by atoms with van der Waals surface area (Å²) < 4.78 is 10.0. The quantitative estimate of drug-likeness (QED) is 0.560. The van der Waals surface area contributed by atoms with E-state index in [1.807, 2.05) is 0 Å². The van der Waals surface area contributed by atoms with Crippen LogP contribution < -0.4 is 11.3 Å². The van der Waals surface area contributed by atoms with Crippen LogP contribution in [0.15, 0.2) is 18.2 Å². The third kappa shape index (κ3) is 4.64. The molecule has 0 unspecified atom stereocenters. The number of carbonyl (C=O) groups excluding carboxylic acids is 1. The van der Waals surface area contributed by atoms with Crippen molar-refractivity contribution in [2.45, 2.75) is 0 Å². The first-order valence-corrected chi connectivity index (χ1v) is 6.55. The highest BCUT2D eigenvalue weighted by Crippen LogP contribution is 2.21. The lowest BCUT2D eigenvalue weighted by molar-refractivity contribution is 0.0628. The molecular weight excluding hydrogens is 282 g/mol. The smallest absolute Gasteiger partial charge is 0.256 e. The Bertz CT molecular complexity index is 435. The number of benzene rings is 1. The molecule has 0 radical (unpaired) electrons. The average molecular weight is 302 g/mol. The third-order valence-corrected chi connectivity index (χ3v) is 3.02. The van der Waals surface area contributed by atoms with Crippen molar-refractivity contribution in [2.75, 3.05) is 45.9 Å². The molecule has 0 heterocycles. The maximum absolute atomic E-state index is 12.5. The maximum atomic E-state index is 12.5. The molecule has 0 saturated heterocycles. The lowest BCUT2D eigenvalue weighted by Crippen LogP contribution is -2.37. The first kappa shape index (κ1) is 16.7. The van der Waals surface area contributed by atoms with Crippen LogP contribution >= 0.6 is 11.6 Å². The highest BCUT2D eigenvalue weighted by molar-refractivity contribution is 6.31. The molecule has 112 valence electrons. The molecule has 0 saturated carbocycles. The number of nitrogen functional groups attached to an aromatic ring is 1. The second-order valence-electron chi connectivity index (χ2n) is 4.11. The Morgan fingerprint density at radius 3 is 2.40 bits per heavy atom. The predicted molar refractivity (Wildman–Crippen MR) is 78.9 cm³/mol. The minimum Gasteiger partial charge on any atom is -0.383 e. The minimum atomic E-state index is -0.172. The van der Waals surface area contributed by atoms with Crippen LogP contribution in [-0.4, -0.2) is 51.3 Å². The summed E-state index contributed by atoms with van der Waals surface area (Å²) in [5.74, 6) is 5.25. The Labute approximate surface area is 123 Å². The number of carbonyl (C=O) groups is 1. The number of hydrogen-bond acceptors (Lipinski definition) is 5. The number of hydrazine groups is 1. The number of ether oxygens (including phenoxy) is 2. The molecule has 0 aliphatic rings. The van der Waals surface area contributed by atoms with E-state index >= 15 is 0 Å². The van der Waals surface area contributed by atoms with Crippen LogP contribution in [0.25, 0.3) is 0 Å². The van der Waals surface area contributed by atoms with E-state index in [-0.39, 0.29) is 5.91 Å². The van der Waals surface area contributed by atoms with Crippen molar-refractivity contribution in [2.24, 2.45) is 5.84 Å². The standard InChI is InChI=1S/C13H20ClN3O3/c1-19-7-5-17(6-8-20-2)13(18)11-9-10(14)3-4-12(11)16-15/h3-4,9,16H,5-8,15H2,1-2H3. The normalized spacial score (nSPS) is 10.4. The van der Waals surface area contributed by atoms with Crippen LogP contribution in [-0.2, 0) is 9.47 Å². The van der Waals surface area contributed by atoms with Crippen molar-refractivity contribution < 1.29 is 14.3 Å². The Kier molecular flexibility index (Phi) is 7.32. The molecular formula is C13H20ClN3O3. The molecule has 0 aromatic heterocycles. The van der Waals surface area contributed by atoms with Crippen LogP contribution in [0, 0.1) is 0 Å². The summed E-state index contributed by atoms with van der Waals surface area (Å²) >= 11 is 5.94. The van der Waals surface area contributed by atoms with Crippen molar-refractivity contribution in [3.8, 4) is 0 Å². The van der Waals surface area contributed by atoms with Crippen LogP contribution in [0.2, 0.25) is 5.02 Å². The van der Waals surface area contributed by atoms with Gasteiger partial charge in [0.05, 0.1) is 24.5 Å². The van der Waals surface area contributed by atoms with Crippen molar-refractivity contribution in [1.82, 2.24) is 4.90 Å². The van der Waals surface area contributed by atoms with Crippen molar-refractivity contribution in [3.05, 3.63) is 28.8 Å². The Morgan fingerprint density at radius 1 is 1.30 bits per heavy atom. The van der Waals surface area contributed by atoms with Gasteiger partial charge >= 0.3 is 0 Å². The zero-order chi connectivity index (χ0) is 15.0. The van der Waals surface area contributed by atoms with Gasteiger partial charge in [0, 0.05) is 32.3 Å². The zero-order valence-corrected chi connectivity index (χ0v) is 12.4. The number of rotatable bonds is 8. The number of amides is 1. The summed E-state index contributed by atoms with van der Waals surface area (Å²) in [4.78, 5) is 14.2. The van der Waals surface area contributed by atoms with Crippen molar-refractivity contribution in [3.63, 3.8) is 0 Å². The highest BCUT2D eigenvalue weighted by atomic mass is 35.5. The molecule has 7 heteroatoms. The van der Waals surface area contributed by atoms with Gasteiger partial charge in [0.15, 0.2) is 0 Å². The average Bonchev–Trinajstić information content (AvgIpc) is 2.46. The lowest BCUT2D eigenvalue weighted by atomic mass is 10.1. The summed E-state index contributed by atoms with van der Waals surface area (Å²) in [7, 11) is 3.18. The molecule has 0 atom stereocenters. The predicted octanol–water partition coefficient (Wildman–Crippen LogP) is 1.36. The molecule has 0 aliphatic heterocycles. The van der Waals surface area contributed by atoms with E-state index in [0.29, 0.717) is 42.6 Å². The van der Waals surface area contributed by atoms with E-state index in [0.717, 1.165) is 0 Å². The summed E-state index contributed by atoms with van der Waals surface area (Å²) in [6, 6.07) is 4.92. The zero-order valence-electron chi connectivity index (χ0n) is 11.7. The van der Waals surface area contributed by atoms with Crippen LogP contribution in [0.4, 0.5) is 5.69 Å². The summed E-state index contributed by atoms with van der Waals surface area (Å²) in [5, 5.41) is 0.478. The van der Waals surface area contributed by atoms with E-state index in [4.69, 9.17) is 26.9 Å². The van der Waals surface area contributed by atoms with Gasteiger partial charge in [-0.1, -0.05) is 11.6 Å². The third-order valence-electron chi connectivity index (χ3n) is 2.79. The number of hydrogen-bond donors (Lipinski definition) is 2. The molecule has 0 spiro atoms. The number of halogens is 1. The van der Waals surface area contributed by atoms with E-state index in [9.17, 15) is 4.79 Å². The molecule has 1 aromatic rings. The topological polar surface area (TPSA) is 76.8 Å². The van der Waals surface area contributed by atoms with E-state index in [1.54, 1.807) is 37.3 Å². The summed E-state index contributed by atoms with van der Waals surface area (Å²) in [6.45, 7) is 1.83. The van der Waals surface area contributed by atoms with Gasteiger partial charge in [-0.15, -0.1) is 0 Å². The first-order valence-electron chi connectivity index (χ1n) is 6.17. The second-order valence-corrected chi connectivity index (χ2v) is 4.55. The Morgan fingerprint density at radius 2 is 1.90 bits per heavy atom. The number of methoxy groups -OCH3 is 2. The highest BCUT2D eigenvalue weighted by Gasteiger charge is 2.18. The fourth-order valence-electron chi connectivity index (χ4n) is 1.71. The first-order chi connectivity index (χ1) is 9.63. The largest absolute Gasteiger partial charge is 0.383 e. The van der Waals surface area contributed by atoms with Crippen LogP contribution in [0.1, 0.15) is 10.4 Å².